The molecule has 2 amide bonds. The molecule has 0 fully saturated rings. The average Bonchev–Trinajstić information content (AvgIpc) is 3.51. The first-order valence-corrected chi connectivity index (χ1v) is 15.3. The molecule has 0 spiro atoms. The van der Waals surface area contributed by atoms with Gasteiger partial charge in [0.05, 0.1) is 33.9 Å². The van der Waals surface area contributed by atoms with E-state index in [1.165, 1.54) is 21.1 Å². The van der Waals surface area contributed by atoms with Gasteiger partial charge in [-0.25, -0.2) is 0 Å². The lowest BCUT2D eigenvalue weighted by atomic mass is 10.1. The van der Waals surface area contributed by atoms with Gasteiger partial charge in [0.25, 0.3) is 11.8 Å². The molecule has 0 unspecified atom stereocenters. The molecule has 236 valence electrons. The van der Waals surface area contributed by atoms with Crippen molar-refractivity contribution in [2.45, 2.75) is 41.5 Å². The lowest BCUT2D eigenvalue weighted by Crippen LogP contribution is -2.22. The monoisotopic (exact) mass is 624 g/mol. The van der Waals surface area contributed by atoms with E-state index in [4.69, 9.17) is 4.74 Å². The van der Waals surface area contributed by atoms with E-state index in [0.29, 0.717) is 34.1 Å². The Morgan fingerprint density at radius 3 is 1.28 bits per heavy atom. The maximum Gasteiger partial charge on any atom is 0.282 e. The zero-order valence-electron chi connectivity index (χ0n) is 27.3. The highest BCUT2D eigenvalue weighted by Crippen LogP contribution is 2.29. The minimum Gasteiger partial charge on any atom is -0.457 e. The summed E-state index contributed by atoms with van der Waals surface area (Å²) in [5.74, 6) is 0.974. The van der Waals surface area contributed by atoms with Crippen molar-refractivity contribution in [3.63, 3.8) is 0 Å². The predicted molar refractivity (Wildman–Crippen MR) is 189 cm³/mol. The normalized spacial score (nSPS) is 16.2. The summed E-state index contributed by atoms with van der Waals surface area (Å²) in [6.07, 6.45) is 3.37. The minimum atomic E-state index is -0.176. The molecule has 4 aromatic rings. The number of carbonyl (C=O) groups is 2. The van der Waals surface area contributed by atoms with Gasteiger partial charge in [-0.05, 0) is 137 Å². The molecule has 2 heterocycles. The fourth-order valence-electron chi connectivity index (χ4n) is 5.12. The Kier molecular flexibility index (Phi) is 8.46. The van der Waals surface area contributed by atoms with Crippen LogP contribution in [0.4, 0.5) is 22.7 Å². The summed E-state index contributed by atoms with van der Waals surface area (Å²) in [7, 11) is 0. The second-order valence-corrected chi connectivity index (χ2v) is 11.7. The smallest absolute Gasteiger partial charge is 0.282 e. The third-order valence-corrected chi connectivity index (χ3v) is 8.31. The molecule has 0 saturated carbocycles. The van der Waals surface area contributed by atoms with Crippen LogP contribution in [0.3, 0.4) is 0 Å². The number of nitrogens with zero attached hydrogens (tertiary/aromatic N) is 4. The summed E-state index contributed by atoms with van der Waals surface area (Å²) in [6.45, 7) is 11.8. The van der Waals surface area contributed by atoms with E-state index < -0.39 is 0 Å². The quantitative estimate of drug-likeness (QED) is 0.193. The van der Waals surface area contributed by atoms with Crippen LogP contribution < -0.4 is 25.4 Å². The van der Waals surface area contributed by atoms with Gasteiger partial charge >= 0.3 is 0 Å². The fraction of sp³-hybridized carbons (Fsp3) is 0.158. The minimum absolute atomic E-state index is 0.176. The van der Waals surface area contributed by atoms with Gasteiger partial charge in [0, 0.05) is 23.8 Å². The van der Waals surface area contributed by atoms with Crippen LogP contribution in [0.1, 0.15) is 36.1 Å². The summed E-state index contributed by atoms with van der Waals surface area (Å²) in [5, 5.41) is 18.2. The highest BCUT2D eigenvalue weighted by molar-refractivity contribution is 6.30. The van der Waals surface area contributed by atoms with Crippen molar-refractivity contribution < 1.29 is 14.3 Å². The number of rotatable bonds is 8. The first-order valence-electron chi connectivity index (χ1n) is 15.3. The first-order chi connectivity index (χ1) is 22.6. The molecule has 0 bridgehead atoms. The van der Waals surface area contributed by atoms with Crippen molar-refractivity contribution in [3.8, 4) is 11.5 Å². The number of hydrogen-bond donors (Lipinski definition) is 2. The third kappa shape index (κ3) is 6.55. The maximum atomic E-state index is 13.1. The van der Waals surface area contributed by atoms with E-state index in [1.807, 2.05) is 126 Å². The predicted octanol–water partition coefficient (Wildman–Crippen LogP) is 8.15. The third-order valence-electron chi connectivity index (χ3n) is 8.31. The number of aryl methyl sites for hydroxylation is 4. The molecule has 47 heavy (non-hydrogen) atoms. The Labute approximate surface area is 274 Å². The number of amides is 2. The van der Waals surface area contributed by atoms with Gasteiger partial charge in [-0.2, -0.15) is 20.2 Å². The van der Waals surface area contributed by atoms with E-state index in [-0.39, 0.29) is 11.8 Å². The maximum absolute atomic E-state index is 13.1. The Morgan fingerprint density at radius 1 is 0.532 bits per heavy atom. The topological polar surface area (TPSA) is 98.6 Å². The molecule has 0 aromatic heterocycles. The van der Waals surface area contributed by atoms with Crippen molar-refractivity contribution >= 4 is 46.0 Å². The molecule has 0 atom stereocenters. The molecule has 2 aliphatic rings. The molecule has 9 heteroatoms. The van der Waals surface area contributed by atoms with E-state index in [2.05, 4.69) is 20.8 Å². The molecule has 0 saturated heterocycles. The first kappa shape index (κ1) is 31.0. The van der Waals surface area contributed by atoms with Crippen LogP contribution in [0.5, 0.6) is 11.5 Å². The molecule has 2 N–H and O–H groups in total. The van der Waals surface area contributed by atoms with Crippen LogP contribution in [0.2, 0.25) is 0 Å². The van der Waals surface area contributed by atoms with Crippen molar-refractivity contribution in [2.24, 2.45) is 10.2 Å². The molecule has 4 aromatic carbocycles. The van der Waals surface area contributed by atoms with Gasteiger partial charge < -0.3 is 15.4 Å². The number of hydrogen-bond acceptors (Lipinski definition) is 7. The standard InChI is InChI=1S/C38H36N6O3/c1-23-7-13-31(19-25(23)3)43-37(45)35(27(5)41-43)21-39-29-9-15-33(16-10-29)47-34-17-11-30(12-18-34)40-22-36-28(6)42-44(38(36)46)32-14-8-24(2)26(4)20-32/h7-22,39-40H,1-6H3. The summed E-state index contributed by atoms with van der Waals surface area (Å²) >= 11 is 0. The Hall–Kier alpha value is -5.96. The molecular weight excluding hydrogens is 588 g/mol. The molecule has 2 aliphatic heterocycles. The Bertz CT molecular complexity index is 1860. The van der Waals surface area contributed by atoms with Crippen molar-refractivity contribution in [3.05, 3.63) is 131 Å². The average molecular weight is 625 g/mol. The molecular formula is C38H36N6O3. The molecule has 0 radical (unpaired) electrons. The lowest BCUT2D eigenvalue weighted by Gasteiger charge is -2.13. The van der Waals surface area contributed by atoms with Gasteiger partial charge in [-0.3, -0.25) is 9.59 Å². The fourth-order valence-corrected chi connectivity index (χ4v) is 5.12. The van der Waals surface area contributed by atoms with Crippen LogP contribution in [0.15, 0.2) is 119 Å². The highest BCUT2D eigenvalue weighted by Gasteiger charge is 2.30. The van der Waals surface area contributed by atoms with E-state index in [9.17, 15) is 9.59 Å². The van der Waals surface area contributed by atoms with Crippen molar-refractivity contribution in [1.29, 1.82) is 0 Å². The van der Waals surface area contributed by atoms with Gasteiger partial charge in [0.2, 0.25) is 0 Å². The zero-order valence-corrected chi connectivity index (χ0v) is 27.3. The Morgan fingerprint density at radius 2 is 0.915 bits per heavy atom. The van der Waals surface area contributed by atoms with Crippen molar-refractivity contribution in [2.75, 3.05) is 20.7 Å². The van der Waals surface area contributed by atoms with Crippen LogP contribution >= 0.6 is 0 Å². The number of carbonyl (C=O) groups excluding carboxylic acids is 2. The van der Waals surface area contributed by atoms with E-state index in [1.54, 1.807) is 12.4 Å². The van der Waals surface area contributed by atoms with Crippen LogP contribution in [-0.4, -0.2) is 23.2 Å². The molecule has 0 aliphatic carbocycles. The highest BCUT2D eigenvalue weighted by atomic mass is 16.5. The number of ether oxygens (including phenoxy) is 1. The van der Waals surface area contributed by atoms with Crippen LogP contribution in [0, 0.1) is 27.7 Å². The van der Waals surface area contributed by atoms with Crippen LogP contribution in [0.25, 0.3) is 0 Å². The largest absolute Gasteiger partial charge is 0.457 e. The Balaban J connectivity index is 1.04. The number of hydrazone groups is 2. The van der Waals surface area contributed by atoms with Gasteiger partial charge in [-0.15, -0.1) is 0 Å². The number of nitrogens with one attached hydrogen (secondary N) is 2. The van der Waals surface area contributed by atoms with Crippen molar-refractivity contribution in [1.82, 2.24) is 0 Å². The van der Waals surface area contributed by atoms with Crippen LogP contribution in [-0.2, 0) is 9.59 Å². The molecule has 6 rings (SSSR count). The van der Waals surface area contributed by atoms with Gasteiger partial charge in [0.1, 0.15) is 11.5 Å². The summed E-state index contributed by atoms with van der Waals surface area (Å²) in [4.78, 5) is 26.2. The second kappa shape index (κ2) is 12.8. The van der Waals surface area contributed by atoms with Gasteiger partial charge in [-0.1, -0.05) is 12.1 Å². The summed E-state index contributed by atoms with van der Waals surface area (Å²) in [5.41, 5.74) is 9.95. The second-order valence-electron chi connectivity index (χ2n) is 11.7. The summed E-state index contributed by atoms with van der Waals surface area (Å²) < 4.78 is 6.03. The lowest BCUT2D eigenvalue weighted by molar-refractivity contribution is -0.115. The van der Waals surface area contributed by atoms with E-state index >= 15 is 0 Å². The van der Waals surface area contributed by atoms with Gasteiger partial charge in [0.15, 0.2) is 0 Å². The number of anilines is 4. The SMILES string of the molecule is CC1=NN(c2ccc(C)c(C)c2)C(=O)C1=CNc1ccc(Oc2ccc(NC=C3C(=O)N(c4ccc(C)c(C)c4)N=C3C)cc2)cc1. The van der Waals surface area contributed by atoms with E-state index in [0.717, 1.165) is 33.9 Å². The summed E-state index contributed by atoms with van der Waals surface area (Å²) in [6, 6.07) is 26.7. The number of benzene rings is 4. The molecule has 9 nitrogen and oxygen atoms in total. The zero-order chi connectivity index (χ0) is 33.2.